The van der Waals surface area contributed by atoms with Gasteiger partial charge in [0.25, 0.3) is 0 Å². The highest BCUT2D eigenvalue weighted by Gasteiger charge is 2.47. The molecule has 10 nitrogen and oxygen atoms in total. The molecule has 17 heteroatoms. The highest BCUT2D eigenvalue weighted by Crippen LogP contribution is 2.34. The fraction of sp³-hybridized carbons (Fsp3) is 0.524. The fourth-order valence-electron chi connectivity index (χ4n) is 3.87. The maximum atomic E-state index is 12.5. The van der Waals surface area contributed by atoms with Crippen LogP contribution >= 0.6 is 11.3 Å². The number of alkyl halides is 6. The summed E-state index contributed by atoms with van der Waals surface area (Å²) in [6.45, 7) is 4.15. The van der Waals surface area contributed by atoms with Gasteiger partial charge in [-0.2, -0.15) is 37.7 Å². The summed E-state index contributed by atoms with van der Waals surface area (Å²) in [5.41, 5.74) is 1.08. The molecule has 1 amide bonds. The lowest BCUT2D eigenvalue weighted by Gasteiger charge is -2.46. The smallest absolute Gasteiger partial charge is 0.475 e. The van der Waals surface area contributed by atoms with E-state index in [0.29, 0.717) is 6.54 Å². The Kier molecular flexibility index (Phi) is 9.90. The number of nitrogens with zero attached hydrogens (tertiary/aromatic N) is 5. The van der Waals surface area contributed by atoms with Gasteiger partial charge in [-0.05, 0) is 24.9 Å². The van der Waals surface area contributed by atoms with Crippen molar-refractivity contribution in [2.75, 3.05) is 38.1 Å². The number of piperazine rings is 1. The minimum absolute atomic E-state index is 0.0427. The molecule has 0 aliphatic carbocycles. The van der Waals surface area contributed by atoms with Crippen molar-refractivity contribution in [3.8, 4) is 0 Å². The standard InChI is InChI=1S/C17H23N5OS.2C2HF3O2/c1-19-7-5-18-15(19)9-21-6-4-17(12-21)13-22(14-3-8-24-11-14)16(23)10-20(17)2;2*3-2(4,5)1(6)7/h3,5,7-8,11H,4,6,9-10,12-13H2,1-2H3;2*(H,6,7). The third-order valence-corrected chi connectivity index (χ3v) is 6.61. The van der Waals surface area contributed by atoms with Gasteiger partial charge in [-0.3, -0.25) is 14.6 Å². The highest BCUT2D eigenvalue weighted by atomic mass is 32.1. The molecule has 2 aromatic heterocycles. The van der Waals surface area contributed by atoms with Gasteiger partial charge in [-0.25, -0.2) is 14.6 Å². The van der Waals surface area contributed by atoms with E-state index >= 15 is 0 Å². The lowest BCUT2D eigenvalue weighted by atomic mass is 9.93. The van der Waals surface area contributed by atoms with Gasteiger partial charge in [0.2, 0.25) is 5.91 Å². The number of carboxylic acids is 2. The Bertz CT molecular complexity index is 1080. The number of amides is 1. The van der Waals surface area contributed by atoms with Crippen LogP contribution in [0.3, 0.4) is 0 Å². The number of aromatic nitrogens is 2. The molecule has 2 saturated heterocycles. The molecule has 2 aliphatic heterocycles. The zero-order valence-corrected chi connectivity index (χ0v) is 21.0. The van der Waals surface area contributed by atoms with E-state index in [1.807, 2.05) is 35.8 Å². The Hall–Kier alpha value is -3.18. The number of thiophene rings is 1. The van der Waals surface area contributed by atoms with E-state index in [9.17, 15) is 31.1 Å². The molecule has 2 N–H and O–H groups in total. The van der Waals surface area contributed by atoms with Crippen molar-refractivity contribution in [3.63, 3.8) is 0 Å². The van der Waals surface area contributed by atoms with E-state index in [2.05, 4.69) is 31.8 Å². The van der Waals surface area contributed by atoms with Crippen LogP contribution in [0.5, 0.6) is 0 Å². The van der Waals surface area contributed by atoms with E-state index in [0.717, 1.165) is 44.1 Å². The second-order valence-corrected chi connectivity index (χ2v) is 9.34. The lowest BCUT2D eigenvalue weighted by molar-refractivity contribution is -0.193. The molecule has 0 aromatic carbocycles. The minimum Gasteiger partial charge on any atom is -0.475 e. The number of aliphatic carboxylic acids is 2. The average molecular weight is 574 g/mol. The molecule has 4 rings (SSSR count). The van der Waals surface area contributed by atoms with Crippen molar-refractivity contribution in [1.29, 1.82) is 0 Å². The van der Waals surface area contributed by atoms with E-state index in [1.54, 1.807) is 11.3 Å². The van der Waals surface area contributed by atoms with Gasteiger partial charge >= 0.3 is 24.3 Å². The number of halogens is 6. The van der Waals surface area contributed by atoms with Crippen molar-refractivity contribution in [3.05, 3.63) is 35.0 Å². The fourth-order valence-corrected chi connectivity index (χ4v) is 4.51. The van der Waals surface area contributed by atoms with Gasteiger partial charge in [0.1, 0.15) is 5.82 Å². The van der Waals surface area contributed by atoms with Gasteiger partial charge in [0.15, 0.2) is 0 Å². The number of aryl methyl sites for hydroxylation is 1. The van der Waals surface area contributed by atoms with Gasteiger partial charge in [-0.1, -0.05) is 0 Å². The second kappa shape index (κ2) is 12.1. The van der Waals surface area contributed by atoms with Crippen LogP contribution in [-0.4, -0.2) is 98.5 Å². The molecule has 1 spiro atoms. The number of carbonyl (C=O) groups excluding carboxylic acids is 1. The summed E-state index contributed by atoms with van der Waals surface area (Å²) in [7, 11) is 4.13. The van der Waals surface area contributed by atoms with Gasteiger partial charge in [0.05, 0.1) is 24.3 Å². The molecule has 1 unspecified atom stereocenters. The molecule has 2 aliphatic rings. The van der Waals surface area contributed by atoms with Crippen LogP contribution in [-0.2, 0) is 28.0 Å². The lowest BCUT2D eigenvalue weighted by Crippen LogP contribution is -2.64. The van der Waals surface area contributed by atoms with Crippen molar-refractivity contribution in [2.45, 2.75) is 30.9 Å². The predicted octanol–water partition coefficient (Wildman–Crippen LogP) is 2.67. The summed E-state index contributed by atoms with van der Waals surface area (Å²) in [5, 5.41) is 18.4. The van der Waals surface area contributed by atoms with Crippen LogP contribution in [0.1, 0.15) is 12.2 Å². The highest BCUT2D eigenvalue weighted by molar-refractivity contribution is 7.08. The van der Waals surface area contributed by atoms with E-state index < -0.39 is 24.3 Å². The minimum atomic E-state index is -5.08. The number of anilines is 1. The molecule has 38 heavy (non-hydrogen) atoms. The van der Waals surface area contributed by atoms with E-state index in [-0.39, 0.29) is 11.4 Å². The number of carboxylic acid groups (broad SMARTS) is 2. The molecule has 2 aromatic rings. The third kappa shape index (κ3) is 8.16. The largest absolute Gasteiger partial charge is 0.490 e. The van der Waals surface area contributed by atoms with E-state index in [1.165, 1.54) is 0 Å². The third-order valence-electron chi connectivity index (χ3n) is 5.94. The molecule has 0 bridgehead atoms. The molecule has 1 atom stereocenters. The first-order valence-corrected chi connectivity index (χ1v) is 11.7. The summed E-state index contributed by atoms with van der Waals surface area (Å²) in [6.07, 6.45) is -5.24. The molecule has 4 heterocycles. The number of carbonyl (C=O) groups is 3. The summed E-state index contributed by atoms with van der Waals surface area (Å²) in [5.74, 6) is -4.22. The number of rotatable bonds is 3. The Morgan fingerprint density at radius 1 is 1.08 bits per heavy atom. The molecule has 0 saturated carbocycles. The normalized spacial score (nSPS) is 20.5. The molecule has 212 valence electrons. The summed E-state index contributed by atoms with van der Waals surface area (Å²) in [4.78, 5) is 41.4. The number of likely N-dealkylation sites (tertiary alicyclic amines) is 1. The first-order valence-electron chi connectivity index (χ1n) is 10.8. The zero-order chi connectivity index (χ0) is 28.9. The molecular weight excluding hydrogens is 548 g/mol. The van der Waals surface area contributed by atoms with Crippen LogP contribution in [0.15, 0.2) is 29.2 Å². The molecule has 0 radical (unpaired) electrons. The van der Waals surface area contributed by atoms with Crippen LogP contribution in [0.25, 0.3) is 0 Å². The average Bonchev–Trinajstić information content (AvgIpc) is 3.54. The number of hydrogen-bond donors (Lipinski definition) is 2. The Morgan fingerprint density at radius 3 is 2.11 bits per heavy atom. The van der Waals surface area contributed by atoms with Crippen LogP contribution < -0.4 is 4.90 Å². The number of hydrogen-bond acceptors (Lipinski definition) is 7. The SMILES string of the molecule is CN1CC(=O)N(c2ccsc2)CC12CCN(Cc1nccn1C)C2.O=C(O)C(F)(F)F.O=C(O)C(F)(F)F. The maximum absolute atomic E-state index is 12.5. The van der Waals surface area contributed by atoms with Crippen molar-refractivity contribution >= 4 is 34.9 Å². The quantitative estimate of drug-likeness (QED) is 0.539. The topological polar surface area (TPSA) is 119 Å². The molecule has 2 fully saturated rings. The van der Waals surface area contributed by atoms with Crippen LogP contribution in [0, 0.1) is 0 Å². The Morgan fingerprint density at radius 2 is 1.66 bits per heavy atom. The second-order valence-electron chi connectivity index (χ2n) is 8.56. The zero-order valence-electron chi connectivity index (χ0n) is 20.2. The van der Waals surface area contributed by atoms with Crippen LogP contribution in [0.4, 0.5) is 32.0 Å². The first-order chi connectivity index (χ1) is 17.5. The number of likely N-dealkylation sites (N-methyl/N-ethyl adjacent to an activating group) is 1. The Labute approximate surface area is 216 Å². The van der Waals surface area contributed by atoms with Crippen molar-refractivity contribution in [1.82, 2.24) is 19.4 Å². The van der Waals surface area contributed by atoms with Gasteiger partial charge in [-0.15, -0.1) is 0 Å². The van der Waals surface area contributed by atoms with Crippen molar-refractivity contribution in [2.24, 2.45) is 7.05 Å². The Balaban J connectivity index is 0.000000301. The molecular formula is C21H25F6N5O5S. The predicted molar refractivity (Wildman–Crippen MR) is 123 cm³/mol. The summed E-state index contributed by atoms with van der Waals surface area (Å²) in [6, 6.07) is 2.04. The maximum Gasteiger partial charge on any atom is 0.490 e. The van der Waals surface area contributed by atoms with Gasteiger partial charge in [0, 0.05) is 44.5 Å². The summed E-state index contributed by atoms with van der Waals surface area (Å²) < 4.78 is 65.6. The summed E-state index contributed by atoms with van der Waals surface area (Å²) >= 11 is 1.64. The van der Waals surface area contributed by atoms with Crippen molar-refractivity contribution < 1.29 is 50.9 Å². The first kappa shape index (κ1) is 31.0. The van der Waals surface area contributed by atoms with Crippen LogP contribution in [0.2, 0.25) is 0 Å². The van der Waals surface area contributed by atoms with Gasteiger partial charge < -0.3 is 19.7 Å². The monoisotopic (exact) mass is 573 g/mol. The number of imidazole rings is 1. The van der Waals surface area contributed by atoms with E-state index in [4.69, 9.17) is 19.8 Å².